The molecule has 166 valence electrons. The highest BCUT2D eigenvalue weighted by molar-refractivity contribution is 7.92. The molecule has 0 aliphatic rings. The molecule has 0 aromatic heterocycles. The highest BCUT2D eigenvalue weighted by Gasteiger charge is 2.20. The van der Waals surface area contributed by atoms with E-state index in [0.29, 0.717) is 16.9 Å². The number of para-hydroxylation sites is 1. The van der Waals surface area contributed by atoms with Crippen LogP contribution in [0.3, 0.4) is 0 Å². The van der Waals surface area contributed by atoms with Crippen LogP contribution in [0.5, 0.6) is 5.75 Å². The summed E-state index contributed by atoms with van der Waals surface area (Å²) in [6, 6.07) is 16.8. The SMILES string of the molecule is COc1ccccc1CNC(=O)c1ccc(NS(=O)(=O)c2ccc(C)c([N+](=O)[O-])c2)cc1. The summed E-state index contributed by atoms with van der Waals surface area (Å²) in [4.78, 5) is 22.6. The number of nitrogens with zero attached hydrogens (tertiary/aromatic N) is 1. The molecule has 0 bridgehead atoms. The molecule has 0 radical (unpaired) electrons. The van der Waals surface area contributed by atoms with Crippen LogP contribution in [0.4, 0.5) is 11.4 Å². The highest BCUT2D eigenvalue weighted by Crippen LogP contribution is 2.24. The number of nitrogens with one attached hydrogen (secondary N) is 2. The van der Waals surface area contributed by atoms with E-state index in [4.69, 9.17) is 4.74 Å². The van der Waals surface area contributed by atoms with Crippen molar-refractivity contribution in [1.29, 1.82) is 0 Å². The predicted octanol–water partition coefficient (Wildman–Crippen LogP) is 3.64. The van der Waals surface area contributed by atoms with Crippen LogP contribution in [0.2, 0.25) is 0 Å². The summed E-state index contributed by atoms with van der Waals surface area (Å²) in [5.74, 6) is 0.327. The van der Waals surface area contributed by atoms with Crippen LogP contribution in [-0.4, -0.2) is 26.4 Å². The Kier molecular flexibility index (Phi) is 6.74. The van der Waals surface area contributed by atoms with Gasteiger partial charge in [0.2, 0.25) is 0 Å². The molecule has 0 unspecified atom stereocenters. The Balaban J connectivity index is 1.69. The Morgan fingerprint density at radius 2 is 1.75 bits per heavy atom. The number of benzene rings is 3. The van der Waals surface area contributed by atoms with E-state index in [1.54, 1.807) is 13.2 Å². The third-order valence-corrected chi connectivity index (χ3v) is 6.10. The number of methoxy groups -OCH3 is 1. The topological polar surface area (TPSA) is 128 Å². The van der Waals surface area contributed by atoms with Crippen molar-refractivity contribution >= 4 is 27.3 Å². The van der Waals surface area contributed by atoms with Crippen molar-refractivity contribution in [2.45, 2.75) is 18.4 Å². The second-order valence-corrected chi connectivity index (χ2v) is 8.57. The number of nitro benzene ring substituents is 1. The number of carbonyl (C=O) groups is 1. The van der Waals surface area contributed by atoms with E-state index >= 15 is 0 Å². The van der Waals surface area contributed by atoms with Crippen molar-refractivity contribution in [1.82, 2.24) is 5.32 Å². The summed E-state index contributed by atoms with van der Waals surface area (Å²) >= 11 is 0. The van der Waals surface area contributed by atoms with Crippen LogP contribution < -0.4 is 14.8 Å². The lowest BCUT2D eigenvalue weighted by Crippen LogP contribution is -2.23. The van der Waals surface area contributed by atoms with Crippen molar-refractivity contribution in [3.05, 3.63) is 93.5 Å². The smallest absolute Gasteiger partial charge is 0.273 e. The van der Waals surface area contributed by atoms with E-state index < -0.39 is 14.9 Å². The van der Waals surface area contributed by atoms with Gasteiger partial charge in [-0.1, -0.05) is 24.3 Å². The summed E-state index contributed by atoms with van der Waals surface area (Å²) in [6.45, 7) is 1.79. The molecule has 0 saturated carbocycles. The summed E-state index contributed by atoms with van der Waals surface area (Å²) in [5.41, 5.74) is 1.45. The normalized spacial score (nSPS) is 10.9. The van der Waals surface area contributed by atoms with Crippen molar-refractivity contribution in [3.63, 3.8) is 0 Å². The minimum Gasteiger partial charge on any atom is -0.496 e. The summed E-state index contributed by atoms with van der Waals surface area (Å²) in [6.07, 6.45) is 0. The van der Waals surface area contributed by atoms with E-state index in [0.717, 1.165) is 11.6 Å². The van der Waals surface area contributed by atoms with Gasteiger partial charge in [-0.3, -0.25) is 19.6 Å². The van der Waals surface area contributed by atoms with Gasteiger partial charge < -0.3 is 10.1 Å². The van der Waals surface area contributed by atoms with Crippen molar-refractivity contribution in [2.75, 3.05) is 11.8 Å². The average Bonchev–Trinajstić information content (AvgIpc) is 2.77. The second-order valence-electron chi connectivity index (χ2n) is 6.88. The number of aryl methyl sites for hydroxylation is 1. The van der Waals surface area contributed by atoms with Gasteiger partial charge in [0.05, 0.1) is 16.9 Å². The first kappa shape index (κ1) is 22.8. The zero-order valence-corrected chi connectivity index (χ0v) is 18.2. The maximum atomic E-state index is 12.6. The van der Waals surface area contributed by atoms with Gasteiger partial charge in [-0.15, -0.1) is 0 Å². The number of ether oxygens (including phenoxy) is 1. The highest BCUT2D eigenvalue weighted by atomic mass is 32.2. The van der Waals surface area contributed by atoms with Gasteiger partial charge in [0.1, 0.15) is 5.75 Å². The third kappa shape index (κ3) is 5.22. The van der Waals surface area contributed by atoms with E-state index in [1.807, 2.05) is 18.2 Å². The molecule has 1 amide bonds. The number of carbonyl (C=O) groups excluding carboxylic acids is 1. The molecule has 3 aromatic carbocycles. The zero-order chi connectivity index (χ0) is 23.3. The molecule has 3 aromatic rings. The van der Waals surface area contributed by atoms with Crippen LogP contribution in [-0.2, 0) is 16.6 Å². The first-order chi connectivity index (χ1) is 15.2. The number of hydrogen-bond donors (Lipinski definition) is 2. The quantitative estimate of drug-likeness (QED) is 0.394. The second kappa shape index (κ2) is 9.48. The Morgan fingerprint density at radius 1 is 1.06 bits per heavy atom. The van der Waals surface area contributed by atoms with Crippen LogP contribution in [0.15, 0.2) is 71.6 Å². The molecule has 10 heteroatoms. The lowest BCUT2D eigenvalue weighted by molar-refractivity contribution is -0.385. The molecule has 0 atom stereocenters. The van der Waals surface area contributed by atoms with Crippen molar-refractivity contribution in [3.8, 4) is 5.75 Å². The number of anilines is 1. The molecule has 9 nitrogen and oxygen atoms in total. The zero-order valence-electron chi connectivity index (χ0n) is 17.4. The van der Waals surface area contributed by atoms with E-state index in [2.05, 4.69) is 10.0 Å². The molecule has 0 heterocycles. The van der Waals surface area contributed by atoms with Crippen LogP contribution in [0, 0.1) is 17.0 Å². The number of hydrogen-bond acceptors (Lipinski definition) is 6. The Hall–Kier alpha value is -3.92. The largest absolute Gasteiger partial charge is 0.496 e. The third-order valence-electron chi connectivity index (χ3n) is 4.72. The van der Waals surface area contributed by atoms with E-state index in [-0.39, 0.29) is 28.7 Å². The summed E-state index contributed by atoms with van der Waals surface area (Å²) < 4.78 is 32.8. The molecule has 3 rings (SSSR count). The van der Waals surface area contributed by atoms with Gasteiger partial charge >= 0.3 is 0 Å². The van der Waals surface area contributed by atoms with Crippen molar-refractivity contribution in [2.24, 2.45) is 0 Å². The first-order valence-corrected chi connectivity index (χ1v) is 11.0. The molecule has 0 spiro atoms. The maximum Gasteiger partial charge on any atom is 0.273 e. The summed E-state index contributed by atoms with van der Waals surface area (Å²) in [7, 11) is -2.49. The minimum atomic E-state index is -4.04. The number of nitro groups is 1. The van der Waals surface area contributed by atoms with Crippen molar-refractivity contribution < 1.29 is 22.9 Å². The fourth-order valence-electron chi connectivity index (χ4n) is 2.98. The van der Waals surface area contributed by atoms with Gasteiger partial charge in [-0.25, -0.2) is 8.42 Å². The molecule has 0 aliphatic carbocycles. The lowest BCUT2D eigenvalue weighted by atomic mass is 10.1. The average molecular weight is 455 g/mol. The van der Waals surface area contributed by atoms with Gasteiger partial charge in [-0.2, -0.15) is 0 Å². The van der Waals surface area contributed by atoms with Gasteiger partial charge in [0, 0.05) is 35.0 Å². The molecular formula is C22H21N3O6S. The van der Waals surface area contributed by atoms with Gasteiger partial charge in [0.15, 0.2) is 0 Å². The standard InChI is InChI=1S/C22H21N3O6S/c1-15-7-12-19(13-20(15)25(27)28)32(29,30)24-18-10-8-16(9-11-18)22(26)23-14-17-5-3-4-6-21(17)31-2/h3-13,24H,14H2,1-2H3,(H,23,26). The van der Waals surface area contributed by atoms with Crippen LogP contribution in [0.25, 0.3) is 0 Å². The maximum absolute atomic E-state index is 12.6. The Labute approximate surface area is 185 Å². The van der Waals surface area contributed by atoms with E-state index in [1.165, 1.54) is 43.3 Å². The summed E-state index contributed by atoms with van der Waals surface area (Å²) in [5, 5.41) is 13.9. The van der Waals surface area contributed by atoms with E-state index in [9.17, 15) is 23.3 Å². The Bertz CT molecular complexity index is 1260. The predicted molar refractivity (Wildman–Crippen MR) is 119 cm³/mol. The van der Waals surface area contributed by atoms with Gasteiger partial charge in [-0.05, 0) is 43.3 Å². The van der Waals surface area contributed by atoms with Gasteiger partial charge in [0.25, 0.3) is 21.6 Å². The first-order valence-electron chi connectivity index (χ1n) is 9.49. The molecule has 0 aliphatic heterocycles. The number of sulfonamides is 1. The number of rotatable bonds is 8. The van der Waals surface area contributed by atoms with Crippen LogP contribution >= 0.6 is 0 Å². The molecule has 0 fully saturated rings. The fraction of sp³-hybridized carbons (Fsp3) is 0.136. The molecular weight excluding hydrogens is 434 g/mol. The molecule has 2 N–H and O–H groups in total. The number of amides is 1. The van der Waals surface area contributed by atoms with Crippen LogP contribution in [0.1, 0.15) is 21.5 Å². The molecule has 32 heavy (non-hydrogen) atoms. The minimum absolute atomic E-state index is 0.217. The Morgan fingerprint density at radius 3 is 2.41 bits per heavy atom. The fourth-order valence-corrected chi connectivity index (χ4v) is 4.06. The molecule has 0 saturated heterocycles. The monoisotopic (exact) mass is 455 g/mol. The lowest BCUT2D eigenvalue weighted by Gasteiger charge is -2.11.